The van der Waals surface area contributed by atoms with Gasteiger partial charge in [0, 0.05) is 24.2 Å². The molecule has 10 nitrogen and oxygen atoms in total. The predicted octanol–water partition coefficient (Wildman–Crippen LogP) is 4.32. The summed E-state index contributed by atoms with van der Waals surface area (Å²) in [5, 5.41) is 14.0. The molecule has 0 unspecified atom stereocenters. The van der Waals surface area contributed by atoms with Crippen molar-refractivity contribution in [3.8, 4) is 11.5 Å². The number of ether oxygens (including phenoxy) is 2. The van der Waals surface area contributed by atoms with Gasteiger partial charge in [0.15, 0.2) is 11.6 Å². The molecule has 4 atom stereocenters. The van der Waals surface area contributed by atoms with E-state index in [1.54, 1.807) is 6.08 Å². The van der Waals surface area contributed by atoms with Crippen LogP contribution in [0.3, 0.4) is 0 Å². The number of carboxylic acids is 1. The number of unbranched alkanes of at least 4 members (excludes halogenated alkanes) is 1. The lowest BCUT2D eigenvalue weighted by molar-refractivity contribution is -0.137. The fraction of sp³-hybridized carbons (Fsp3) is 0.393. The monoisotopic (exact) mass is 628 g/mol. The molecule has 4 rings (SSSR count). The van der Waals surface area contributed by atoms with Crippen LogP contribution >= 0.6 is 0 Å². The summed E-state index contributed by atoms with van der Waals surface area (Å²) in [6.07, 6.45) is 4.72. The first kappa shape index (κ1) is 31.8. The van der Waals surface area contributed by atoms with E-state index in [9.17, 15) is 40.4 Å². The second kappa shape index (κ2) is 12.6. The van der Waals surface area contributed by atoms with Gasteiger partial charge in [-0.1, -0.05) is 18.2 Å². The maximum Gasteiger partial charge on any atom is 0.501 e. The number of alkyl halides is 3. The number of carboxylic acid groups (broad SMARTS) is 1. The van der Waals surface area contributed by atoms with Crippen molar-refractivity contribution in [2.75, 3.05) is 19.0 Å². The molecule has 1 saturated carbocycles. The third-order valence-electron chi connectivity index (χ3n) is 7.32. The lowest BCUT2D eigenvalue weighted by Crippen LogP contribution is -2.47. The van der Waals surface area contributed by atoms with Crippen molar-refractivity contribution in [3.05, 3.63) is 59.9 Å². The Hall–Kier alpha value is -4.14. The van der Waals surface area contributed by atoms with E-state index in [2.05, 4.69) is 10.6 Å². The third-order valence-corrected chi connectivity index (χ3v) is 8.80. The first-order chi connectivity index (χ1) is 20.2. The van der Waals surface area contributed by atoms with E-state index in [-0.39, 0.29) is 47.6 Å². The summed E-state index contributed by atoms with van der Waals surface area (Å²) >= 11 is 0. The molecule has 43 heavy (non-hydrogen) atoms. The number of allylic oxidation sites excluding steroid dienone is 1. The summed E-state index contributed by atoms with van der Waals surface area (Å²) in [6, 6.07) is 5.16. The van der Waals surface area contributed by atoms with Crippen LogP contribution in [0.4, 0.5) is 23.2 Å². The van der Waals surface area contributed by atoms with Gasteiger partial charge in [-0.15, -0.1) is 0 Å². The molecule has 2 bridgehead atoms. The number of anilines is 1. The minimum atomic E-state index is -5.64. The van der Waals surface area contributed by atoms with Gasteiger partial charge < -0.3 is 25.2 Å². The normalized spacial score (nSPS) is 21.0. The second-order valence-electron chi connectivity index (χ2n) is 10.1. The molecule has 3 N–H and O–H groups in total. The fourth-order valence-electron chi connectivity index (χ4n) is 5.26. The molecule has 232 valence electrons. The SMILES string of the molecule is COc1cc(F)c(OCCCCC(=O)O)cc1C(=O)N[C@H]1[C@@H](C(=O)Nc2cccc(S(=O)(=O)C(F)(F)F)c2)[C@@H]2C=C[C@H]1C2. The topological polar surface area (TPSA) is 148 Å². The Bertz CT molecular complexity index is 1540. The number of nitrogens with one attached hydrogen (secondary N) is 2. The summed E-state index contributed by atoms with van der Waals surface area (Å²) in [7, 11) is -4.40. The Kier molecular flexibility index (Phi) is 9.32. The van der Waals surface area contributed by atoms with Crippen molar-refractivity contribution in [3.63, 3.8) is 0 Å². The summed E-state index contributed by atoms with van der Waals surface area (Å²) < 4.78 is 87.8. The highest BCUT2D eigenvalue weighted by atomic mass is 32.2. The molecule has 0 spiro atoms. The average molecular weight is 629 g/mol. The Labute approximate surface area is 244 Å². The Morgan fingerprint density at radius 3 is 2.44 bits per heavy atom. The van der Waals surface area contributed by atoms with Gasteiger partial charge >= 0.3 is 11.5 Å². The van der Waals surface area contributed by atoms with Gasteiger partial charge in [-0.05, 0) is 55.4 Å². The number of hydrogen-bond acceptors (Lipinski definition) is 7. The molecule has 0 aliphatic heterocycles. The zero-order valence-electron chi connectivity index (χ0n) is 22.7. The minimum absolute atomic E-state index is 0.00246. The molecule has 0 radical (unpaired) electrons. The number of halogens is 4. The van der Waals surface area contributed by atoms with Gasteiger partial charge in [0.05, 0.1) is 30.1 Å². The predicted molar refractivity (Wildman–Crippen MR) is 144 cm³/mol. The van der Waals surface area contributed by atoms with Crippen molar-refractivity contribution < 1.29 is 54.9 Å². The van der Waals surface area contributed by atoms with E-state index < -0.39 is 55.8 Å². The van der Waals surface area contributed by atoms with E-state index >= 15 is 0 Å². The van der Waals surface area contributed by atoms with E-state index in [0.29, 0.717) is 25.3 Å². The first-order valence-electron chi connectivity index (χ1n) is 13.2. The van der Waals surface area contributed by atoms with Crippen LogP contribution in [0.5, 0.6) is 11.5 Å². The van der Waals surface area contributed by atoms with E-state index in [4.69, 9.17) is 14.6 Å². The van der Waals surface area contributed by atoms with Gasteiger partial charge in [-0.3, -0.25) is 14.4 Å². The van der Waals surface area contributed by atoms with Crippen LogP contribution in [-0.2, 0) is 19.4 Å². The van der Waals surface area contributed by atoms with Crippen LogP contribution in [-0.4, -0.2) is 56.6 Å². The zero-order chi connectivity index (χ0) is 31.5. The maximum absolute atomic E-state index is 14.6. The highest BCUT2D eigenvalue weighted by Crippen LogP contribution is 2.44. The van der Waals surface area contributed by atoms with Gasteiger partial charge in [0.1, 0.15) is 5.75 Å². The smallest absolute Gasteiger partial charge is 0.496 e. The highest BCUT2D eigenvalue weighted by Gasteiger charge is 2.49. The molecular formula is C28H28F4N2O8S. The Balaban J connectivity index is 1.50. The number of methoxy groups -OCH3 is 1. The number of fused-ring (bicyclic) bond motifs is 2. The van der Waals surface area contributed by atoms with Crippen LogP contribution in [0.2, 0.25) is 0 Å². The molecule has 2 aromatic carbocycles. The van der Waals surface area contributed by atoms with Crippen molar-refractivity contribution in [1.29, 1.82) is 0 Å². The molecule has 2 aliphatic carbocycles. The number of aliphatic carboxylic acids is 1. The zero-order valence-corrected chi connectivity index (χ0v) is 23.5. The number of sulfone groups is 1. The van der Waals surface area contributed by atoms with Gasteiger partial charge in [0.25, 0.3) is 15.7 Å². The molecule has 0 saturated heterocycles. The Morgan fingerprint density at radius 1 is 1.05 bits per heavy atom. The largest absolute Gasteiger partial charge is 0.501 e. The summed E-state index contributed by atoms with van der Waals surface area (Å²) in [5.74, 6) is -4.88. The number of carbonyl (C=O) groups excluding carboxylic acids is 2. The lowest BCUT2D eigenvalue weighted by Gasteiger charge is -2.28. The molecule has 0 heterocycles. The van der Waals surface area contributed by atoms with Crippen LogP contribution in [0, 0.1) is 23.6 Å². The van der Waals surface area contributed by atoms with Crippen LogP contribution in [0.25, 0.3) is 0 Å². The lowest BCUT2D eigenvalue weighted by atomic mass is 9.87. The molecule has 2 aromatic rings. The summed E-state index contributed by atoms with van der Waals surface area (Å²) in [4.78, 5) is 36.3. The first-order valence-corrected chi connectivity index (χ1v) is 14.6. The number of amides is 2. The van der Waals surface area contributed by atoms with Crippen LogP contribution in [0.1, 0.15) is 36.0 Å². The molecule has 1 fully saturated rings. The quantitative estimate of drug-likeness (QED) is 0.179. The van der Waals surface area contributed by atoms with Crippen LogP contribution in [0.15, 0.2) is 53.4 Å². The summed E-state index contributed by atoms with van der Waals surface area (Å²) in [6.45, 7) is 0.00246. The molecule has 2 aliphatic rings. The summed E-state index contributed by atoms with van der Waals surface area (Å²) in [5.41, 5.74) is -5.77. The standard InChI is InChI=1S/C28H28F4N2O8S/c1-41-21-14-20(29)22(42-10-3-2-7-23(35)36)13-19(21)26(37)34-25-16-9-8-15(11-16)24(25)27(38)33-17-5-4-6-18(12-17)43(39,40)28(30,31)32/h4-6,8-9,12-16,24-25H,2-3,7,10-11H2,1H3,(H,33,38)(H,34,37)(H,35,36)/t15-,16+,24+,25-/m1/s1. The third kappa shape index (κ3) is 6.92. The number of rotatable bonds is 12. The van der Waals surface area contributed by atoms with Crippen LogP contribution < -0.4 is 20.1 Å². The fourth-order valence-corrected chi connectivity index (χ4v) is 6.07. The van der Waals surface area contributed by atoms with Crippen molar-refractivity contribution in [2.24, 2.45) is 17.8 Å². The molecule has 15 heteroatoms. The maximum atomic E-state index is 14.6. The van der Waals surface area contributed by atoms with Crippen molar-refractivity contribution >= 4 is 33.3 Å². The van der Waals surface area contributed by atoms with Gasteiger partial charge in [0.2, 0.25) is 5.91 Å². The molecule has 0 aromatic heterocycles. The number of hydrogen-bond donors (Lipinski definition) is 3. The minimum Gasteiger partial charge on any atom is -0.496 e. The van der Waals surface area contributed by atoms with E-state index in [1.807, 2.05) is 6.08 Å². The Morgan fingerprint density at radius 2 is 1.77 bits per heavy atom. The molecule has 2 amide bonds. The van der Waals surface area contributed by atoms with E-state index in [0.717, 1.165) is 24.3 Å². The average Bonchev–Trinajstić information content (AvgIpc) is 3.54. The molecular weight excluding hydrogens is 600 g/mol. The van der Waals surface area contributed by atoms with E-state index in [1.165, 1.54) is 13.2 Å². The van der Waals surface area contributed by atoms with Crippen molar-refractivity contribution in [2.45, 2.75) is 42.1 Å². The highest BCUT2D eigenvalue weighted by molar-refractivity contribution is 7.92. The van der Waals surface area contributed by atoms with Gasteiger partial charge in [-0.2, -0.15) is 13.2 Å². The second-order valence-corrected chi connectivity index (χ2v) is 12.1. The van der Waals surface area contributed by atoms with Crippen molar-refractivity contribution in [1.82, 2.24) is 5.32 Å². The number of carbonyl (C=O) groups is 3. The number of benzene rings is 2. The van der Waals surface area contributed by atoms with Gasteiger partial charge in [-0.25, -0.2) is 12.8 Å².